The zero-order chi connectivity index (χ0) is 15.2. The molecule has 0 aliphatic carbocycles. The van der Waals surface area contributed by atoms with Crippen LogP contribution in [0.4, 0.5) is 14.9 Å². The van der Waals surface area contributed by atoms with Crippen molar-refractivity contribution in [2.24, 2.45) is 5.73 Å². The first kappa shape index (κ1) is 15.2. The van der Waals surface area contributed by atoms with Crippen LogP contribution in [0.15, 0.2) is 18.2 Å². The lowest BCUT2D eigenvalue weighted by molar-refractivity contribution is 0.1000. The molecule has 1 atom stereocenters. The van der Waals surface area contributed by atoms with Crippen LogP contribution in [0.5, 0.6) is 0 Å². The van der Waals surface area contributed by atoms with Crippen molar-refractivity contribution in [3.05, 3.63) is 29.6 Å². The quantitative estimate of drug-likeness (QED) is 0.770. The molecule has 3 amide bonds. The number of ether oxygens (including phenoxy) is 1. The van der Waals surface area contributed by atoms with Gasteiger partial charge in [0.2, 0.25) is 5.91 Å². The van der Waals surface area contributed by atoms with E-state index in [9.17, 15) is 14.0 Å². The van der Waals surface area contributed by atoms with Crippen LogP contribution in [0.1, 0.15) is 29.6 Å². The SMILES string of the molecule is NC(=O)c1ccc(F)c(NC(=O)NCCC2CCCO2)c1. The number of halogens is 1. The highest BCUT2D eigenvalue weighted by Crippen LogP contribution is 2.16. The van der Waals surface area contributed by atoms with Crippen molar-refractivity contribution in [3.8, 4) is 0 Å². The molecule has 0 spiro atoms. The van der Waals surface area contributed by atoms with Gasteiger partial charge >= 0.3 is 6.03 Å². The summed E-state index contributed by atoms with van der Waals surface area (Å²) in [5, 5.41) is 4.98. The number of urea groups is 1. The summed E-state index contributed by atoms with van der Waals surface area (Å²) in [6, 6.07) is 3.02. The van der Waals surface area contributed by atoms with Crippen molar-refractivity contribution in [1.82, 2.24) is 5.32 Å². The smallest absolute Gasteiger partial charge is 0.319 e. The number of amides is 3. The predicted molar refractivity (Wildman–Crippen MR) is 75.5 cm³/mol. The van der Waals surface area contributed by atoms with Gasteiger partial charge in [0.25, 0.3) is 0 Å². The minimum atomic E-state index is -0.683. The van der Waals surface area contributed by atoms with Gasteiger partial charge in [0.1, 0.15) is 5.82 Å². The topological polar surface area (TPSA) is 93.5 Å². The zero-order valence-electron chi connectivity index (χ0n) is 11.5. The molecule has 7 heteroatoms. The lowest BCUT2D eigenvalue weighted by atomic mass is 10.2. The lowest BCUT2D eigenvalue weighted by Crippen LogP contribution is -2.31. The summed E-state index contributed by atoms with van der Waals surface area (Å²) in [5.74, 6) is -1.31. The third kappa shape index (κ3) is 4.42. The second-order valence-electron chi connectivity index (χ2n) is 4.86. The molecule has 1 aromatic carbocycles. The summed E-state index contributed by atoms with van der Waals surface area (Å²) in [6.45, 7) is 1.20. The van der Waals surface area contributed by atoms with Crippen LogP contribution >= 0.6 is 0 Å². The predicted octanol–water partition coefficient (Wildman–Crippen LogP) is 1.62. The van der Waals surface area contributed by atoms with E-state index in [0.29, 0.717) is 6.54 Å². The number of hydrogen-bond donors (Lipinski definition) is 3. The Morgan fingerprint density at radius 1 is 1.43 bits per heavy atom. The number of rotatable bonds is 5. The second kappa shape index (κ2) is 7.03. The number of nitrogens with two attached hydrogens (primary N) is 1. The van der Waals surface area contributed by atoms with Crippen LogP contribution in [-0.2, 0) is 4.74 Å². The fourth-order valence-electron chi connectivity index (χ4n) is 2.16. The first-order valence-corrected chi connectivity index (χ1v) is 6.82. The Bertz CT molecular complexity index is 530. The molecule has 1 saturated heterocycles. The first-order valence-electron chi connectivity index (χ1n) is 6.82. The van der Waals surface area contributed by atoms with Crippen LogP contribution in [0.3, 0.4) is 0 Å². The summed E-state index contributed by atoms with van der Waals surface area (Å²) in [6.07, 6.45) is 2.94. The summed E-state index contributed by atoms with van der Waals surface area (Å²) in [7, 11) is 0. The third-order valence-electron chi connectivity index (χ3n) is 3.27. The van der Waals surface area contributed by atoms with Gasteiger partial charge in [-0.2, -0.15) is 0 Å². The van der Waals surface area contributed by atoms with Gasteiger partial charge in [-0.15, -0.1) is 0 Å². The third-order valence-corrected chi connectivity index (χ3v) is 3.27. The number of carbonyl (C=O) groups excluding carboxylic acids is 2. The molecule has 6 nitrogen and oxygen atoms in total. The van der Waals surface area contributed by atoms with Crippen LogP contribution in [0, 0.1) is 5.82 Å². The molecule has 1 aliphatic rings. The van der Waals surface area contributed by atoms with Crippen LogP contribution in [0.25, 0.3) is 0 Å². The fourth-order valence-corrected chi connectivity index (χ4v) is 2.16. The maximum Gasteiger partial charge on any atom is 0.319 e. The highest BCUT2D eigenvalue weighted by molar-refractivity contribution is 5.96. The van der Waals surface area contributed by atoms with Gasteiger partial charge in [-0.25, -0.2) is 9.18 Å². The molecule has 1 aromatic rings. The molecule has 4 N–H and O–H groups in total. The summed E-state index contributed by atoms with van der Waals surface area (Å²) in [5.41, 5.74) is 5.16. The highest BCUT2D eigenvalue weighted by Gasteiger charge is 2.15. The molecule has 1 unspecified atom stereocenters. The molecular weight excluding hydrogens is 277 g/mol. The number of anilines is 1. The Hall–Kier alpha value is -2.15. The average molecular weight is 295 g/mol. The molecule has 2 rings (SSSR count). The summed E-state index contributed by atoms with van der Waals surface area (Å²) < 4.78 is 19.0. The normalized spacial score (nSPS) is 17.5. The van der Waals surface area contributed by atoms with E-state index in [1.54, 1.807) is 0 Å². The van der Waals surface area contributed by atoms with Crippen molar-refractivity contribution in [1.29, 1.82) is 0 Å². The van der Waals surface area contributed by atoms with E-state index in [1.165, 1.54) is 12.1 Å². The Morgan fingerprint density at radius 3 is 2.90 bits per heavy atom. The molecule has 0 aromatic heterocycles. The van der Waals surface area contributed by atoms with Crippen molar-refractivity contribution < 1.29 is 18.7 Å². The van der Waals surface area contributed by atoms with E-state index in [-0.39, 0.29) is 17.4 Å². The van der Waals surface area contributed by atoms with E-state index in [4.69, 9.17) is 10.5 Å². The second-order valence-corrected chi connectivity index (χ2v) is 4.86. The first-order chi connectivity index (χ1) is 10.1. The molecule has 0 bridgehead atoms. The number of benzene rings is 1. The van der Waals surface area contributed by atoms with Gasteiger partial charge in [-0.1, -0.05) is 0 Å². The van der Waals surface area contributed by atoms with Crippen molar-refractivity contribution in [2.75, 3.05) is 18.5 Å². The number of hydrogen-bond acceptors (Lipinski definition) is 3. The van der Waals surface area contributed by atoms with Crippen LogP contribution < -0.4 is 16.4 Å². The monoisotopic (exact) mass is 295 g/mol. The molecule has 21 heavy (non-hydrogen) atoms. The Balaban J connectivity index is 1.84. The molecular formula is C14H18FN3O3. The maximum absolute atomic E-state index is 13.5. The van der Waals surface area contributed by atoms with Gasteiger partial charge in [-0.05, 0) is 37.5 Å². The van der Waals surface area contributed by atoms with Crippen molar-refractivity contribution in [2.45, 2.75) is 25.4 Å². The molecule has 1 aliphatic heterocycles. The Labute approximate surface area is 121 Å². The van der Waals surface area contributed by atoms with Crippen molar-refractivity contribution >= 4 is 17.6 Å². The van der Waals surface area contributed by atoms with E-state index in [2.05, 4.69) is 10.6 Å². The minimum absolute atomic E-state index is 0.0825. The van der Waals surface area contributed by atoms with Gasteiger partial charge in [0, 0.05) is 18.7 Å². The molecule has 0 saturated carbocycles. The van der Waals surface area contributed by atoms with Gasteiger partial charge in [0.05, 0.1) is 11.8 Å². The van der Waals surface area contributed by atoms with Crippen LogP contribution in [-0.4, -0.2) is 31.2 Å². The van der Waals surface area contributed by atoms with Crippen molar-refractivity contribution in [3.63, 3.8) is 0 Å². The van der Waals surface area contributed by atoms with E-state index < -0.39 is 17.8 Å². The molecule has 1 fully saturated rings. The average Bonchev–Trinajstić information content (AvgIpc) is 2.94. The fraction of sp³-hybridized carbons (Fsp3) is 0.429. The van der Waals surface area contributed by atoms with Gasteiger partial charge in [0.15, 0.2) is 0 Å². The molecule has 114 valence electrons. The number of carbonyl (C=O) groups is 2. The summed E-state index contributed by atoms with van der Waals surface area (Å²) in [4.78, 5) is 22.7. The lowest BCUT2D eigenvalue weighted by Gasteiger charge is -2.11. The number of nitrogens with one attached hydrogen (secondary N) is 2. The van der Waals surface area contributed by atoms with Gasteiger partial charge in [-0.3, -0.25) is 4.79 Å². The maximum atomic E-state index is 13.5. The Kier molecular flexibility index (Phi) is 5.10. The largest absolute Gasteiger partial charge is 0.378 e. The standard InChI is InChI=1S/C14H18FN3O3/c15-11-4-3-9(13(16)19)8-12(11)18-14(20)17-6-5-10-2-1-7-21-10/h3-4,8,10H,1-2,5-7H2,(H2,16,19)(H2,17,18,20). The Morgan fingerprint density at radius 2 is 2.24 bits per heavy atom. The van der Waals surface area contributed by atoms with Gasteiger partial charge < -0.3 is 21.1 Å². The number of primary amides is 1. The molecule has 0 radical (unpaired) electrons. The minimum Gasteiger partial charge on any atom is -0.378 e. The molecule has 1 heterocycles. The van der Waals surface area contributed by atoms with Crippen LogP contribution in [0.2, 0.25) is 0 Å². The van der Waals surface area contributed by atoms with E-state index in [0.717, 1.165) is 31.9 Å². The highest BCUT2D eigenvalue weighted by atomic mass is 19.1. The zero-order valence-corrected chi connectivity index (χ0v) is 11.5. The van der Waals surface area contributed by atoms with E-state index >= 15 is 0 Å². The van der Waals surface area contributed by atoms with E-state index in [1.807, 2.05) is 0 Å². The summed E-state index contributed by atoms with van der Waals surface area (Å²) >= 11 is 0.